The van der Waals surface area contributed by atoms with E-state index in [0.717, 1.165) is 42.9 Å². The second-order valence-electron chi connectivity index (χ2n) is 12.4. The molecule has 0 aliphatic carbocycles. The van der Waals surface area contributed by atoms with Gasteiger partial charge in [-0.1, -0.05) is 0 Å². The Kier molecular flexibility index (Phi) is 10.1. The molecule has 0 aromatic carbocycles. The second kappa shape index (κ2) is 14.3. The van der Waals surface area contributed by atoms with Crippen LogP contribution in [0.25, 0.3) is 32.7 Å². The molecule has 5 N–H and O–H groups in total. The van der Waals surface area contributed by atoms with Gasteiger partial charge in [-0.15, -0.1) is 11.3 Å². The molecule has 0 unspecified atom stereocenters. The second-order valence-corrected chi connectivity index (χ2v) is 13.2. The van der Waals surface area contributed by atoms with Crippen molar-refractivity contribution in [2.75, 3.05) is 69.6 Å². The van der Waals surface area contributed by atoms with Crippen LogP contribution in [0.1, 0.15) is 29.4 Å². The summed E-state index contributed by atoms with van der Waals surface area (Å²) in [7, 11) is 2.05. The number of fused-ring (bicyclic) bond motifs is 1. The molecule has 50 heavy (non-hydrogen) atoms. The van der Waals surface area contributed by atoms with Crippen LogP contribution < -0.4 is 26.7 Å². The minimum atomic E-state index is -4.70. The van der Waals surface area contributed by atoms with E-state index in [9.17, 15) is 32.7 Å². The number of urea groups is 1. The summed E-state index contributed by atoms with van der Waals surface area (Å²) in [5.41, 5.74) is 5.09. The molecule has 4 aromatic heterocycles. The number of nitrogens with one attached hydrogen (secondary N) is 2. The fourth-order valence-electron chi connectivity index (χ4n) is 6.13. The summed E-state index contributed by atoms with van der Waals surface area (Å²) < 4.78 is 42.7. The number of hydrogen-bond acceptors (Lipinski definition) is 11. The Balaban J connectivity index is 1.55. The Hall–Kier alpha value is -4.65. The first-order valence-corrected chi connectivity index (χ1v) is 17.0. The van der Waals surface area contributed by atoms with Crippen molar-refractivity contribution in [2.24, 2.45) is 5.73 Å². The van der Waals surface area contributed by atoms with Crippen LogP contribution in [-0.4, -0.2) is 112 Å². The molecule has 6 heterocycles. The summed E-state index contributed by atoms with van der Waals surface area (Å²) in [5.74, 6) is -0.940. The molecule has 2 aliphatic rings. The minimum Gasteiger partial charge on any atom is -0.477 e. The lowest BCUT2D eigenvalue weighted by Crippen LogP contribution is -2.45. The molecular weight excluding hydrogens is 677 g/mol. The van der Waals surface area contributed by atoms with Crippen molar-refractivity contribution in [2.45, 2.75) is 32.1 Å². The highest BCUT2D eigenvalue weighted by Crippen LogP contribution is 2.42. The number of piperazine rings is 1. The van der Waals surface area contributed by atoms with Crippen LogP contribution >= 0.6 is 11.3 Å². The molecule has 18 heteroatoms. The third-order valence-corrected chi connectivity index (χ3v) is 9.71. The molecular formula is C32H37F3N10O4S. The number of thiazole rings is 1. The SMILES string of the molecule is CCNC(=O)Nc1cc(-c2nc(C(F)(F)F)cs2)c(-c2cc3c(=O)c(C(=O)O)cn(CCN4CCN(C)CC4)c3nc2N2CC[C@@H](N)C2)cn1. The summed E-state index contributed by atoms with van der Waals surface area (Å²) >= 11 is 0.758. The number of halogens is 3. The molecule has 2 fully saturated rings. The monoisotopic (exact) mass is 714 g/mol. The van der Waals surface area contributed by atoms with Crippen LogP contribution in [0.15, 0.2) is 34.7 Å². The highest BCUT2D eigenvalue weighted by Gasteiger charge is 2.35. The van der Waals surface area contributed by atoms with Gasteiger partial charge in [0, 0.05) is 99.4 Å². The van der Waals surface area contributed by atoms with Crippen molar-refractivity contribution in [1.29, 1.82) is 0 Å². The lowest BCUT2D eigenvalue weighted by molar-refractivity contribution is -0.140. The van der Waals surface area contributed by atoms with Crippen molar-refractivity contribution < 1.29 is 27.9 Å². The Labute approximate surface area is 288 Å². The summed E-state index contributed by atoms with van der Waals surface area (Å²) in [6.07, 6.45) is -1.36. The number of carbonyl (C=O) groups is 2. The number of nitrogens with zero attached hydrogens (tertiary/aromatic N) is 7. The standard InChI is InChI=1S/C32H37F3N10O4S/c1-3-37-31(49)40-25-13-20(29-39-24(17-50-29)32(33,34)35)22(14-38-25)19-12-21-26(46)23(30(47)48)16-45(11-10-43-8-6-42(2)7-9-43)28(21)41-27(19)44-5-4-18(36)15-44/h12-14,16-18H,3-11,15,36H2,1-2H3,(H,47,48)(H2,37,38,40,49)/t18-/m1/s1. The first kappa shape index (κ1) is 35.2. The van der Waals surface area contributed by atoms with Crippen LogP contribution in [0, 0.1) is 0 Å². The van der Waals surface area contributed by atoms with Gasteiger partial charge in [0.2, 0.25) is 5.43 Å². The van der Waals surface area contributed by atoms with Crippen molar-refractivity contribution in [1.82, 2.24) is 34.6 Å². The van der Waals surface area contributed by atoms with Crippen LogP contribution in [0.5, 0.6) is 0 Å². The van der Waals surface area contributed by atoms with E-state index in [0.29, 0.717) is 50.5 Å². The first-order valence-electron chi connectivity index (χ1n) is 16.1. The number of carboxylic acids is 1. The fourth-order valence-corrected chi connectivity index (χ4v) is 6.98. The molecule has 2 saturated heterocycles. The largest absolute Gasteiger partial charge is 0.477 e. The van der Waals surface area contributed by atoms with Gasteiger partial charge in [0.25, 0.3) is 0 Å². The van der Waals surface area contributed by atoms with E-state index >= 15 is 0 Å². The predicted octanol–water partition coefficient (Wildman–Crippen LogP) is 3.23. The molecule has 0 spiro atoms. The van der Waals surface area contributed by atoms with Crippen molar-refractivity contribution in [3.05, 3.63) is 51.4 Å². The number of hydrogen-bond donors (Lipinski definition) is 4. The summed E-state index contributed by atoms with van der Waals surface area (Å²) in [6, 6.07) is 2.20. The summed E-state index contributed by atoms with van der Waals surface area (Å²) in [5, 5.41) is 16.1. The molecule has 2 aliphatic heterocycles. The van der Waals surface area contributed by atoms with Gasteiger partial charge in [-0.2, -0.15) is 13.2 Å². The number of anilines is 2. The van der Waals surface area contributed by atoms with E-state index in [1.54, 1.807) is 11.5 Å². The summed E-state index contributed by atoms with van der Waals surface area (Å²) in [4.78, 5) is 58.1. The zero-order valence-electron chi connectivity index (χ0n) is 27.5. The highest BCUT2D eigenvalue weighted by molar-refractivity contribution is 7.13. The lowest BCUT2D eigenvalue weighted by atomic mass is 10.00. The van der Waals surface area contributed by atoms with Crippen molar-refractivity contribution in [3.63, 3.8) is 0 Å². The number of nitrogens with two attached hydrogens (primary N) is 1. The first-order chi connectivity index (χ1) is 23.8. The van der Waals surface area contributed by atoms with Crippen LogP contribution in [0.2, 0.25) is 0 Å². The Bertz CT molecular complexity index is 1980. The number of amides is 2. The maximum Gasteiger partial charge on any atom is 0.434 e. The maximum absolute atomic E-state index is 13.7. The highest BCUT2D eigenvalue weighted by atomic mass is 32.1. The zero-order valence-corrected chi connectivity index (χ0v) is 28.3. The molecule has 14 nitrogen and oxygen atoms in total. The fraction of sp³-hybridized carbons (Fsp3) is 0.438. The van der Waals surface area contributed by atoms with Gasteiger partial charge in [-0.05, 0) is 32.5 Å². The van der Waals surface area contributed by atoms with E-state index in [1.807, 2.05) is 4.90 Å². The Morgan fingerprint density at radius 2 is 1.84 bits per heavy atom. The zero-order chi connectivity index (χ0) is 35.7. The van der Waals surface area contributed by atoms with Gasteiger partial charge in [0.05, 0.1) is 5.39 Å². The Morgan fingerprint density at radius 3 is 2.48 bits per heavy atom. The van der Waals surface area contributed by atoms with Gasteiger partial charge < -0.3 is 30.5 Å². The van der Waals surface area contributed by atoms with Gasteiger partial charge in [-0.3, -0.25) is 15.0 Å². The third kappa shape index (κ3) is 7.42. The topological polar surface area (TPSA) is 175 Å². The summed E-state index contributed by atoms with van der Waals surface area (Å²) in [6.45, 7) is 7.40. The molecule has 0 saturated carbocycles. The average Bonchev–Trinajstić information content (AvgIpc) is 3.75. The van der Waals surface area contributed by atoms with Gasteiger partial charge in [-0.25, -0.2) is 24.5 Å². The maximum atomic E-state index is 13.7. The normalized spacial score (nSPS) is 17.4. The number of alkyl halides is 3. The molecule has 266 valence electrons. The van der Waals surface area contributed by atoms with Crippen LogP contribution in [0.3, 0.4) is 0 Å². The molecule has 4 aromatic rings. The number of likely N-dealkylation sites (N-methyl/N-ethyl adjacent to an activating group) is 1. The van der Waals surface area contributed by atoms with Gasteiger partial charge in [0.1, 0.15) is 27.9 Å². The van der Waals surface area contributed by atoms with Gasteiger partial charge in [0.15, 0.2) is 5.69 Å². The van der Waals surface area contributed by atoms with E-state index in [-0.39, 0.29) is 39.0 Å². The van der Waals surface area contributed by atoms with E-state index in [1.165, 1.54) is 24.5 Å². The molecule has 0 bridgehead atoms. The van der Waals surface area contributed by atoms with E-state index in [2.05, 4.69) is 37.4 Å². The Morgan fingerprint density at radius 1 is 1.08 bits per heavy atom. The number of carbonyl (C=O) groups excluding carboxylic acids is 1. The quantitative estimate of drug-likeness (QED) is 0.200. The van der Waals surface area contributed by atoms with E-state index in [4.69, 9.17) is 10.7 Å². The minimum absolute atomic E-state index is 0.0123. The van der Waals surface area contributed by atoms with Crippen LogP contribution in [-0.2, 0) is 12.7 Å². The van der Waals surface area contributed by atoms with Crippen molar-refractivity contribution in [3.8, 4) is 21.7 Å². The van der Waals surface area contributed by atoms with E-state index < -0.39 is 34.9 Å². The number of aromatic carboxylic acids is 1. The van der Waals surface area contributed by atoms with Gasteiger partial charge >= 0.3 is 18.2 Å². The number of pyridine rings is 3. The van der Waals surface area contributed by atoms with Crippen LogP contribution in [0.4, 0.5) is 29.6 Å². The predicted molar refractivity (Wildman–Crippen MR) is 184 cm³/mol. The lowest BCUT2D eigenvalue weighted by Gasteiger charge is -2.32. The third-order valence-electron chi connectivity index (χ3n) is 8.83. The number of carboxylic acid groups (broad SMARTS) is 1. The molecule has 6 rings (SSSR count). The number of aromatic nitrogens is 4. The molecule has 2 amide bonds. The molecule has 1 atom stereocenters. The number of rotatable bonds is 9. The average molecular weight is 715 g/mol. The van der Waals surface area contributed by atoms with Crippen molar-refractivity contribution >= 4 is 46.0 Å². The molecule has 0 radical (unpaired) electrons. The smallest absolute Gasteiger partial charge is 0.434 e.